The van der Waals surface area contributed by atoms with Crippen LogP contribution in [0.25, 0.3) is 10.9 Å². The van der Waals surface area contributed by atoms with Crippen molar-refractivity contribution < 1.29 is 14.7 Å². The van der Waals surface area contributed by atoms with Gasteiger partial charge in [-0.2, -0.15) is 0 Å². The van der Waals surface area contributed by atoms with Crippen molar-refractivity contribution in [1.29, 1.82) is 0 Å². The lowest BCUT2D eigenvalue weighted by Crippen LogP contribution is -2.13. The topological polar surface area (TPSA) is 79.3 Å². The first kappa shape index (κ1) is 13.5. The molecule has 2 rings (SSSR count). The van der Waals surface area contributed by atoms with Gasteiger partial charge in [0.2, 0.25) is 5.91 Å². The van der Waals surface area contributed by atoms with Crippen LogP contribution in [0, 0.1) is 0 Å². The van der Waals surface area contributed by atoms with Gasteiger partial charge >= 0.3 is 5.97 Å². The molecule has 5 nitrogen and oxygen atoms in total. The zero-order valence-corrected chi connectivity index (χ0v) is 11.5. The number of benzene rings is 1. The number of rotatable bonds is 4. The number of carbonyl (C=O) groups is 2. The summed E-state index contributed by atoms with van der Waals surface area (Å²) >= 11 is 3.33. The van der Waals surface area contributed by atoms with Gasteiger partial charge in [0.05, 0.1) is 17.6 Å². The van der Waals surface area contributed by atoms with E-state index in [1.807, 2.05) is 18.2 Å². The zero-order valence-electron chi connectivity index (χ0n) is 9.89. The average Bonchev–Trinajstić information content (AvgIpc) is 2.36. The Morgan fingerprint density at radius 3 is 2.84 bits per heavy atom. The molecule has 0 saturated heterocycles. The summed E-state index contributed by atoms with van der Waals surface area (Å²) < 4.78 is 0.856. The Hall–Kier alpha value is -1.95. The molecule has 0 atom stereocenters. The molecule has 6 heteroatoms. The summed E-state index contributed by atoms with van der Waals surface area (Å²) in [7, 11) is 0. The van der Waals surface area contributed by atoms with Gasteiger partial charge in [0.25, 0.3) is 0 Å². The third-order valence-corrected chi connectivity index (χ3v) is 2.95. The SMILES string of the molecule is O=C(O)CCC(=O)Nc1cccc2cc(Br)cnc12. The zero-order chi connectivity index (χ0) is 13.8. The van der Waals surface area contributed by atoms with Gasteiger partial charge in [0.1, 0.15) is 0 Å². The van der Waals surface area contributed by atoms with Crippen LogP contribution in [0.5, 0.6) is 0 Å². The normalized spacial score (nSPS) is 10.4. The molecule has 1 aromatic carbocycles. The number of aliphatic carboxylic acids is 1. The van der Waals surface area contributed by atoms with Gasteiger partial charge in [-0.05, 0) is 28.1 Å². The van der Waals surface area contributed by atoms with Crippen LogP contribution >= 0.6 is 15.9 Å². The standard InChI is InChI=1S/C13H11BrN2O3/c14-9-6-8-2-1-3-10(13(8)15-7-9)16-11(17)4-5-12(18)19/h1-3,6-7H,4-5H2,(H,16,17)(H,18,19). The van der Waals surface area contributed by atoms with Crippen molar-refractivity contribution in [2.24, 2.45) is 0 Å². The molecular formula is C13H11BrN2O3. The summed E-state index contributed by atoms with van der Waals surface area (Å²) in [5, 5.41) is 12.1. The molecule has 0 radical (unpaired) electrons. The molecule has 1 heterocycles. The number of carbonyl (C=O) groups excluding carboxylic acids is 1. The number of para-hydroxylation sites is 1. The molecule has 0 fully saturated rings. The van der Waals surface area contributed by atoms with Crippen LogP contribution in [0.4, 0.5) is 5.69 Å². The lowest BCUT2D eigenvalue weighted by atomic mass is 10.2. The van der Waals surface area contributed by atoms with Crippen LogP contribution in [-0.2, 0) is 9.59 Å². The highest BCUT2D eigenvalue weighted by molar-refractivity contribution is 9.10. The van der Waals surface area contributed by atoms with Crippen LogP contribution in [0.1, 0.15) is 12.8 Å². The Balaban J connectivity index is 2.21. The quantitative estimate of drug-likeness (QED) is 0.907. The van der Waals surface area contributed by atoms with E-state index in [9.17, 15) is 9.59 Å². The minimum Gasteiger partial charge on any atom is -0.481 e. The van der Waals surface area contributed by atoms with Gasteiger partial charge in [-0.25, -0.2) is 0 Å². The molecule has 19 heavy (non-hydrogen) atoms. The molecule has 0 saturated carbocycles. The van der Waals surface area contributed by atoms with Crippen molar-refractivity contribution >= 4 is 44.4 Å². The first-order valence-electron chi connectivity index (χ1n) is 5.62. The Labute approximate surface area is 117 Å². The molecule has 0 bridgehead atoms. The molecule has 0 aliphatic heterocycles. The van der Waals surface area contributed by atoms with Gasteiger partial charge in [-0.1, -0.05) is 12.1 Å². The summed E-state index contributed by atoms with van der Waals surface area (Å²) in [5.41, 5.74) is 1.26. The number of nitrogens with one attached hydrogen (secondary N) is 1. The van der Waals surface area contributed by atoms with Crippen molar-refractivity contribution in [3.8, 4) is 0 Å². The van der Waals surface area contributed by atoms with Gasteiger partial charge in [0, 0.05) is 22.5 Å². The number of pyridine rings is 1. The van der Waals surface area contributed by atoms with Crippen molar-refractivity contribution in [1.82, 2.24) is 4.98 Å². The average molecular weight is 323 g/mol. The van der Waals surface area contributed by atoms with Gasteiger partial charge < -0.3 is 10.4 Å². The first-order chi connectivity index (χ1) is 9.06. The van der Waals surface area contributed by atoms with E-state index in [1.165, 1.54) is 0 Å². The number of fused-ring (bicyclic) bond motifs is 1. The van der Waals surface area contributed by atoms with E-state index in [1.54, 1.807) is 12.3 Å². The second kappa shape index (κ2) is 5.79. The Bertz CT molecular complexity index is 643. The maximum Gasteiger partial charge on any atom is 0.303 e. The van der Waals surface area contributed by atoms with Crippen molar-refractivity contribution in [3.63, 3.8) is 0 Å². The molecule has 98 valence electrons. The molecule has 1 aromatic heterocycles. The number of aromatic nitrogens is 1. The van der Waals surface area contributed by atoms with Gasteiger partial charge in [0.15, 0.2) is 0 Å². The maximum absolute atomic E-state index is 11.6. The Morgan fingerprint density at radius 2 is 2.11 bits per heavy atom. The lowest BCUT2D eigenvalue weighted by Gasteiger charge is -2.07. The molecule has 0 spiro atoms. The number of amides is 1. The van der Waals surface area contributed by atoms with E-state index in [0.29, 0.717) is 11.2 Å². The predicted octanol–water partition coefficient (Wildman–Crippen LogP) is 2.80. The van der Waals surface area contributed by atoms with Crippen LogP contribution in [0.3, 0.4) is 0 Å². The maximum atomic E-state index is 11.6. The minimum atomic E-state index is -0.991. The van der Waals surface area contributed by atoms with Crippen LogP contribution in [-0.4, -0.2) is 22.0 Å². The monoisotopic (exact) mass is 322 g/mol. The van der Waals surface area contributed by atoms with Crippen molar-refractivity contribution in [2.45, 2.75) is 12.8 Å². The number of halogens is 1. The third-order valence-electron chi connectivity index (χ3n) is 2.52. The van der Waals surface area contributed by atoms with E-state index in [4.69, 9.17) is 5.11 Å². The third kappa shape index (κ3) is 3.51. The van der Waals surface area contributed by atoms with E-state index in [-0.39, 0.29) is 18.7 Å². The molecule has 0 aliphatic rings. The number of nitrogens with zero attached hydrogens (tertiary/aromatic N) is 1. The summed E-state index contributed by atoms with van der Waals surface area (Å²) in [6.45, 7) is 0. The molecule has 1 amide bonds. The number of carboxylic acids is 1. The summed E-state index contributed by atoms with van der Waals surface area (Å²) in [6, 6.07) is 7.33. The van der Waals surface area contributed by atoms with Crippen molar-refractivity contribution in [2.75, 3.05) is 5.32 Å². The van der Waals surface area contributed by atoms with E-state index < -0.39 is 5.97 Å². The van der Waals surface area contributed by atoms with E-state index in [0.717, 1.165) is 9.86 Å². The summed E-state index contributed by atoms with van der Waals surface area (Å²) in [6.07, 6.45) is 1.41. The van der Waals surface area contributed by atoms with Gasteiger partial charge in [-0.3, -0.25) is 14.6 Å². The second-order valence-corrected chi connectivity index (χ2v) is 4.89. The van der Waals surface area contributed by atoms with Crippen molar-refractivity contribution in [3.05, 3.63) is 34.9 Å². The second-order valence-electron chi connectivity index (χ2n) is 3.97. The molecular weight excluding hydrogens is 312 g/mol. The lowest BCUT2D eigenvalue weighted by molar-refractivity contribution is -0.138. The first-order valence-corrected chi connectivity index (χ1v) is 6.41. The highest BCUT2D eigenvalue weighted by atomic mass is 79.9. The molecule has 0 unspecified atom stereocenters. The highest BCUT2D eigenvalue weighted by Gasteiger charge is 2.08. The molecule has 0 aliphatic carbocycles. The Kier molecular flexibility index (Phi) is 4.11. The fourth-order valence-electron chi connectivity index (χ4n) is 1.67. The van der Waals surface area contributed by atoms with E-state index >= 15 is 0 Å². The molecule has 2 N–H and O–H groups in total. The predicted molar refractivity (Wildman–Crippen MR) is 74.9 cm³/mol. The fourth-order valence-corrected chi connectivity index (χ4v) is 2.02. The number of hydrogen-bond acceptors (Lipinski definition) is 3. The number of carboxylic acid groups (broad SMARTS) is 1. The largest absolute Gasteiger partial charge is 0.481 e. The minimum absolute atomic E-state index is 0.0533. The molecule has 2 aromatic rings. The van der Waals surface area contributed by atoms with Crippen LogP contribution in [0.2, 0.25) is 0 Å². The summed E-state index contributed by atoms with van der Waals surface area (Å²) in [4.78, 5) is 26.3. The fraction of sp³-hybridized carbons (Fsp3) is 0.154. The van der Waals surface area contributed by atoms with Gasteiger partial charge in [-0.15, -0.1) is 0 Å². The van der Waals surface area contributed by atoms with Crippen LogP contribution in [0.15, 0.2) is 34.9 Å². The van der Waals surface area contributed by atoms with E-state index in [2.05, 4.69) is 26.2 Å². The number of hydrogen-bond donors (Lipinski definition) is 2. The summed E-state index contributed by atoms with van der Waals surface area (Å²) in [5.74, 6) is -1.32. The Morgan fingerprint density at radius 1 is 1.32 bits per heavy atom. The van der Waals surface area contributed by atoms with Crippen LogP contribution < -0.4 is 5.32 Å². The number of anilines is 1. The highest BCUT2D eigenvalue weighted by Crippen LogP contribution is 2.24. The smallest absolute Gasteiger partial charge is 0.303 e.